The SMILES string of the molecule is CO/N=C(/C)C(C)O. The maximum atomic E-state index is 8.74. The molecule has 0 amide bonds. The molecule has 0 spiro atoms. The molecule has 0 aromatic carbocycles. The zero-order valence-electron chi connectivity index (χ0n) is 5.38. The van der Waals surface area contributed by atoms with Crippen molar-refractivity contribution in [3.8, 4) is 0 Å². The summed E-state index contributed by atoms with van der Waals surface area (Å²) in [5, 5.41) is 12.2. The van der Waals surface area contributed by atoms with Crippen molar-refractivity contribution in [2.75, 3.05) is 7.11 Å². The topological polar surface area (TPSA) is 41.8 Å². The highest BCUT2D eigenvalue weighted by Gasteiger charge is 1.97. The predicted molar refractivity (Wildman–Crippen MR) is 31.8 cm³/mol. The quantitative estimate of drug-likeness (QED) is 0.420. The van der Waals surface area contributed by atoms with Gasteiger partial charge in [-0.25, -0.2) is 0 Å². The normalized spacial score (nSPS) is 15.8. The van der Waals surface area contributed by atoms with Gasteiger partial charge in [0.1, 0.15) is 7.11 Å². The van der Waals surface area contributed by atoms with Crippen LogP contribution in [0.4, 0.5) is 0 Å². The standard InChI is InChI=1S/C5H11NO2/c1-4(5(2)7)6-8-3/h5,7H,1-3H3/b6-4-. The van der Waals surface area contributed by atoms with Crippen LogP contribution in [0.15, 0.2) is 5.16 Å². The Morgan fingerprint density at radius 1 is 1.75 bits per heavy atom. The van der Waals surface area contributed by atoms with Gasteiger partial charge >= 0.3 is 0 Å². The first-order valence-electron chi connectivity index (χ1n) is 2.44. The van der Waals surface area contributed by atoms with E-state index in [1.807, 2.05) is 0 Å². The number of aliphatic hydroxyl groups is 1. The lowest BCUT2D eigenvalue weighted by molar-refractivity contribution is 0.199. The second-order valence-electron chi connectivity index (χ2n) is 1.59. The van der Waals surface area contributed by atoms with Crippen molar-refractivity contribution >= 4 is 5.71 Å². The van der Waals surface area contributed by atoms with Gasteiger partial charge in [0, 0.05) is 0 Å². The molecule has 0 aliphatic heterocycles. The molecule has 1 N–H and O–H groups in total. The second-order valence-corrected chi connectivity index (χ2v) is 1.59. The van der Waals surface area contributed by atoms with Crippen LogP contribution in [-0.2, 0) is 4.84 Å². The van der Waals surface area contributed by atoms with Gasteiger partial charge in [-0.1, -0.05) is 5.16 Å². The summed E-state index contributed by atoms with van der Waals surface area (Å²) in [5.74, 6) is 0. The van der Waals surface area contributed by atoms with Crippen LogP contribution in [0.25, 0.3) is 0 Å². The Labute approximate surface area is 49.0 Å². The number of oxime groups is 1. The summed E-state index contributed by atoms with van der Waals surface area (Å²) in [5.41, 5.74) is 0.590. The van der Waals surface area contributed by atoms with Crippen molar-refractivity contribution in [1.29, 1.82) is 0 Å². The van der Waals surface area contributed by atoms with Gasteiger partial charge in [-0.15, -0.1) is 0 Å². The fourth-order valence-electron chi connectivity index (χ4n) is 0.220. The summed E-state index contributed by atoms with van der Waals surface area (Å²) in [7, 11) is 1.45. The number of rotatable bonds is 2. The van der Waals surface area contributed by atoms with E-state index in [1.54, 1.807) is 13.8 Å². The molecule has 48 valence electrons. The van der Waals surface area contributed by atoms with Gasteiger partial charge in [-0.3, -0.25) is 0 Å². The van der Waals surface area contributed by atoms with Crippen LogP contribution in [0.5, 0.6) is 0 Å². The van der Waals surface area contributed by atoms with Gasteiger partial charge in [-0.05, 0) is 13.8 Å². The lowest BCUT2D eigenvalue weighted by atomic mass is 10.3. The fourth-order valence-corrected chi connectivity index (χ4v) is 0.220. The molecule has 3 heteroatoms. The Bertz CT molecular complexity index is 88.4. The third-order valence-corrected chi connectivity index (χ3v) is 0.840. The van der Waals surface area contributed by atoms with E-state index in [9.17, 15) is 0 Å². The average molecular weight is 117 g/mol. The predicted octanol–water partition coefficient (Wildman–Crippen LogP) is 0.390. The van der Waals surface area contributed by atoms with Crippen LogP contribution in [0.3, 0.4) is 0 Å². The molecule has 0 heterocycles. The van der Waals surface area contributed by atoms with E-state index in [0.717, 1.165) is 0 Å². The molecule has 0 radical (unpaired) electrons. The Morgan fingerprint density at radius 3 is 2.38 bits per heavy atom. The van der Waals surface area contributed by atoms with E-state index in [-0.39, 0.29) is 0 Å². The smallest absolute Gasteiger partial charge is 0.106 e. The number of hydrogen-bond acceptors (Lipinski definition) is 3. The molecule has 0 aromatic heterocycles. The van der Waals surface area contributed by atoms with Crippen molar-refractivity contribution in [2.45, 2.75) is 20.0 Å². The van der Waals surface area contributed by atoms with Crippen LogP contribution in [-0.4, -0.2) is 24.0 Å². The molecule has 0 aliphatic rings. The largest absolute Gasteiger partial charge is 0.399 e. The van der Waals surface area contributed by atoms with E-state index in [4.69, 9.17) is 5.11 Å². The number of aliphatic hydroxyl groups excluding tert-OH is 1. The van der Waals surface area contributed by atoms with Crippen molar-refractivity contribution in [2.24, 2.45) is 5.16 Å². The van der Waals surface area contributed by atoms with Gasteiger partial charge in [-0.2, -0.15) is 0 Å². The van der Waals surface area contributed by atoms with Crippen LogP contribution >= 0.6 is 0 Å². The van der Waals surface area contributed by atoms with Gasteiger partial charge in [0.15, 0.2) is 0 Å². The Balaban J connectivity index is 3.61. The minimum atomic E-state index is -0.505. The highest BCUT2D eigenvalue weighted by molar-refractivity contribution is 5.85. The van der Waals surface area contributed by atoms with Crippen molar-refractivity contribution in [3.05, 3.63) is 0 Å². The Kier molecular flexibility index (Phi) is 3.19. The molecule has 8 heavy (non-hydrogen) atoms. The molecule has 0 bridgehead atoms. The summed E-state index contributed by atoms with van der Waals surface area (Å²) >= 11 is 0. The fraction of sp³-hybridized carbons (Fsp3) is 0.800. The minimum absolute atomic E-state index is 0.505. The molecule has 0 fully saturated rings. The van der Waals surface area contributed by atoms with E-state index < -0.39 is 6.10 Å². The van der Waals surface area contributed by atoms with Crippen LogP contribution in [0.1, 0.15) is 13.8 Å². The Morgan fingerprint density at radius 2 is 2.25 bits per heavy atom. The lowest BCUT2D eigenvalue weighted by Crippen LogP contribution is -2.11. The summed E-state index contributed by atoms with van der Waals surface area (Å²) in [6.45, 7) is 3.34. The molecule has 1 unspecified atom stereocenters. The Hall–Kier alpha value is -0.570. The highest BCUT2D eigenvalue weighted by atomic mass is 16.6. The zero-order chi connectivity index (χ0) is 6.57. The molecule has 0 aromatic rings. The maximum Gasteiger partial charge on any atom is 0.106 e. The monoisotopic (exact) mass is 117 g/mol. The highest BCUT2D eigenvalue weighted by Crippen LogP contribution is 1.85. The first-order chi connectivity index (χ1) is 3.68. The third-order valence-electron chi connectivity index (χ3n) is 0.840. The summed E-state index contributed by atoms with van der Waals surface area (Å²) in [4.78, 5) is 4.39. The molecule has 3 nitrogen and oxygen atoms in total. The molecule has 0 saturated carbocycles. The third kappa shape index (κ3) is 2.58. The van der Waals surface area contributed by atoms with Crippen molar-refractivity contribution in [3.63, 3.8) is 0 Å². The van der Waals surface area contributed by atoms with Gasteiger partial charge < -0.3 is 9.94 Å². The molecule has 0 aliphatic carbocycles. The molecule has 0 saturated heterocycles. The van der Waals surface area contributed by atoms with E-state index in [1.165, 1.54) is 7.11 Å². The number of nitrogens with zero attached hydrogens (tertiary/aromatic N) is 1. The van der Waals surface area contributed by atoms with Crippen LogP contribution < -0.4 is 0 Å². The van der Waals surface area contributed by atoms with Crippen LogP contribution in [0.2, 0.25) is 0 Å². The van der Waals surface area contributed by atoms with Gasteiger partial charge in [0.2, 0.25) is 0 Å². The molecule has 1 atom stereocenters. The lowest BCUT2D eigenvalue weighted by Gasteiger charge is -1.99. The summed E-state index contributed by atoms with van der Waals surface area (Å²) in [6, 6.07) is 0. The summed E-state index contributed by atoms with van der Waals surface area (Å²) in [6.07, 6.45) is -0.505. The van der Waals surface area contributed by atoms with E-state index in [0.29, 0.717) is 5.71 Å². The number of hydrogen-bond donors (Lipinski definition) is 1. The van der Waals surface area contributed by atoms with E-state index >= 15 is 0 Å². The van der Waals surface area contributed by atoms with Gasteiger partial charge in [0.25, 0.3) is 0 Å². The first kappa shape index (κ1) is 7.43. The minimum Gasteiger partial charge on any atom is -0.399 e. The maximum absolute atomic E-state index is 8.74. The van der Waals surface area contributed by atoms with Crippen LogP contribution in [0, 0.1) is 0 Å². The molecular weight excluding hydrogens is 106 g/mol. The first-order valence-corrected chi connectivity index (χ1v) is 2.44. The second kappa shape index (κ2) is 3.43. The van der Waals surface area contributed by atoms with Gasteiger partial charge in [0.05, 0.1) is 11.8 Å². The molecule has 0 rings (SSSR count). The average Bonchev–Trinajstić information content (AvgIpc) is 1.67. The van der Waals surface area contributed by atoms with Crippen molar-refractivity contribution < 1.29 is 9.94 Å². The zero-order valence-corrected chi connectivity index (χ0v) is 5.38. The molecular formula is C5H11NO2. The summed E-state index contributed by atoms with van der Waals surface area (Å²) < 4.78 is 0. The van der Waals surface area contributed by atoms with E-state index in [2.05, 4.69) is 9.99 Å². The van der Waals surface area contributed by atoms with Crippen molar-refractivity contribution in [1.82, 2.24) is 0 Å².